The maximum atomic E-state index is 3.37. The topological polar surface area (TPSA) is 15.3 Å². The summed E-state index contributed by atoms with van der Waals surface area (Å²) in [6.07, 6.45) is 4.12. The molecule has 1 aliphatic heterocycles. The highest BCUT2D eigenvalue weighted by molar-refractivity contribution is 4.68. The van der Waals surface area contributed by atoms with Gasteiger partial charge < -0.3 is 0 Å². The smallest absolute Gasteiger partial charge is 0.0215 e. The maximum Gasteiger partial charge on any atom is 0.0215 e. The second-order valence-corrected chi connectivity index (χ2v) is 3.05. The Morgan fingerprint density at radius 2 is 2.30 bits per heavy atom. The van der Waals surface area contributed by atoms with E-state index in [-0.39, 0.29) is 0 Å². The van der Waals surface area contributed by atoms with Gasteiger partial charge in [-0.1, -0.05) is 13.3 Å². The summed E-state index contributed by atoms with van der Waals surface area (Å²) in [5, 5.41) is 2.36. The van der Waals surface area contributed by atoms with E-state index >= 15 is 0 Å². The van der Waals surface area contributed by atoms with E-state index in [0.29, 0.717) is 0 Å². The molecule has 1 fully saturated rings. The van der Waals surface area contributed by atoms with Crippen molar-refractivity contribution in [3.63, 3.8) is 0 Å². The zero-order valence-electron chi connectivity index (χ0n) is 7.06. The third-order valence-corrected chi connectivity index (χ3v) is 2.16. The summed E-state index contributed by atoms with van der Waals surface area (Å²) in [5.41, 5.74) is 3.37. The van der Waals surface area contributed by atoms with Crippen molar-refractivity contribution in [1.82, 2.24) is 10.4 Å². The molecule has 1 aliphatic rings. The molecule has 1 atom stereocenters. The number of hydrogen-bond donors (Lipinski definition) is 1. The van der Waals surface area contributed by atoms with Crippen molar-refractivity contribution in [3.8, 4) is 0 Å². The van der Waals surface area contributed by atoms with E-state index in [9.17, 15) is 0 Å². The molecule has 1 N–H and O–H groups in total. The summed E-state index contributed by atoms with van der Waals surface area (Å²) in [6, 6.07) is 0.744. The largest absolute Gasteiger partial charge is 0.255 e. The van der Waals surface area contributed by atoms with Crippen LogP contribution >= 0.6 is 0 Å². The van der Waals surface area contributed by atoms with Crippen LogP contribution in [0.15, 0.2) is 0 Å². The Morgan fingerprint density at radius 3 is 2.90 bits per heavy atom. The predicted molar refractivity (Wildman–Crippen MR) is 43.7 cm³/mol. The number of hydrazine groups is 1. The van der Waals surface area contributed by atoms with Gasteiger partial charge in [0.1, 0.15) is 0 Å². The van der Waals surface area contributed by atoms with Crippen LogP contribution in [0.1, 0.15) is 33.1 Å². The maximum absolute atomic E-state index is 3.37. The highest BCUT2D eigenvalue weighted by Gasteiger charge is 2.16. The first kappa shape index (κ1) is 8.02. The molecule has 1 saturated heterocycles. The molecular weight excluding hydrogens is 124 g/mol. The molecule has 60 valence electrons. The minimum absolute atomic E-state index is 0.744. The lowest BCUT2D eigenvalue weighted by Crippen LogP contribution is -2.46. The van der Waals surface area contributed by atoms with Crippen LogP contribution in [-0.2, 0) is 0 Å². The van der Waals surface area contributed by atoms with Crippen LogP contribution in [0.4, 0.5) is 0 Å². The first-order valence-electron chi connectivity index (χ1n) is 4.34. The fourth-order valence-corrected chi connectivity index (χ4v) is 1.54. The molecule has 1 heterocycles. The normalized spacial score (nSPS) is 28.8. The number of rotatable bonds is 2. The Bertz CT molecular complexity index is 91.3. The van der Waals surface area contributed by atoms with E-state index in [2.05, 4.69) is 24.3 Å². The summed E-state index contributed by atoms with van der Waals surface area (Å²) in [4.78, 5) is 0. The highest BCUT2D eigenvalue weighted by atomic mass is 15.5. The minimum Gasteiger partial charge on any atom is -0.255 e. The van der Waals surface area contributed by atoms with E-state index in [1.165, 1.54) is 25.8 Å². The minimum atomic E-state index is 0.744. The van der Waals surface area contributed by atoms with Crippen molar-refractivity contribution in [3.05, 3.63) is 0 Å². The van der Waals surface area contributed by atoms with Gasteiger partial charge in [-0.2, -0.15) is 0 Å². The van der Waals surface area contributed by atoms with Gasteiger partial charge in [0.25, 0.3) is 0 Å². The summed E-state index contributed by atoms with van der Waals surface area (Å²) < 4.78 is 0. The second kappa shape index (κ2) is 3.94. The summed E-state index contributed by atoms with van der Waals surface area (Å²) in [6.45, 7) is 6.74. The van der Waals surface area contributed by atoms with Gasteiger partial charge in [0.2, 0.25) is 0 Å². The zero-order valence-corrected chi connectivity index (χ0v) is 7.06. The molecule has 0 aromatic heterocycles. The van der Waals surface area contributed by atoms with E-state index in [0.717, 1.165) is 12.6 Å². The Labute approximate surface area is 63.6 Å². The van der Waals surface area contributed by atoms with Gasteiger partial charge in [0.05, 0.1) is 0 Å². The highest BCUT2D eigenvalue weighted by Crippen LogP contribution is 2.13. The van der Waals surface area contributed by atoms with Crippen LogP contribution in [0.3, 0.4) is 0 Å². The fourth-order valence-electron chi connectivity index (χ4n) is 1.54. The SMILES string of the molecule is CCNN1CCCCC1C. The monoisotopic (exact) mass is 142 g/mol. The van der Waals surface area contributed by atoms with Crippen molar-refractivity contribution in [2.75, 3.05) is 13.1 Å². The number of hydrogen-bond acceptors (Lipinski definition) is 2. The lowest BCUT2D eigenvalue weighted by Gasteiger charge is -2.33. The van der Waals surface area contributed by atoms with E-state index in [1.807, 2.05) is 0 Å². The van der Waals surface area contributed by atoms with Gasteiger partial charge >= 0.3 is 0 Å². The van der Waals surface area contributed by atoms with E-state index in [1.54, 1.807) is 0 Å². The summed E-state index contributed by atoms with van der Waals surface area (Å²) >= 11 is 0. The molecule has 0 radical (unpaired) electrons. The molecule has 1 rings (SSSR count). The Balaban J connectivity index is 2.25. The fraction of sp³-hybridized carbons (Fsp3) is 1.00. The van der Waals surface area contributed by atoms with Crippen molar-refractivity contribution < 1.29 is 0 Å². The molecule has 1 unspecified atom stereocenters. The van der Waals surface area contributed by atoms with Crippen molar-refractivity contribution >= 4 is 0 Å². The third-order valence-electron chi connectivity index (χ3n) is 2.16. The average molecular weight is 142 g/mol. The molecule has 0 aromatic rings. The van der Waals surface area contributed by atoms with Gasteiger partial charge in [-0.15, -0.1) is 0 Å². The standard InChI is InChI=1S/C8H18N2/c1-3-9-10-7-5-4-6-8(10)2/h8-9H,3-7H2,1-2H3. The van der Waals surface area contributed by atoms with E-state index < -0.39 is 0 Å². The molecule has 2 nitrogen and oxygen atoms in total. The van der Waals surface area contributed by atoms with Gasteiger partial charge in [-0.25, -0.2) is 5.01 Å². The molecule has 0 bridgehead atoms. The molecule has 2 heteroatoms. The Hall–Kier alpha value is -0.0800. The quantitative estimate of drug-likeness (QED) is 0.626. The number of nitrogens with one attached hydrogen (secondary N) is 1. The molecular formula is C8H18N2. The first-order valence-corrected chi connectivity index (χ1v) is 4.34. The van der Waals surface area contributed by atoms with Gasteiger partial charge in [-0.3, -0.25) is 5.43 Å². The molecule has 0 saturated carbocycles. The second-order valence-electron chi connectivity index (χ2n) is 3.05. The first-order chi connectivity index (χ1) is 4.84. The molecule has 0 aromatic carbocycles. The Kier molecular flexibility index (Phi) is 3.16. The van der Waals surface area contributed by atoms with Crippen LogP contribution in [0, 0.1) is 0 Å². The number of nitrogens with zero attached hydrogens (tertiary/aromatic N) is 1. The van der Waals surface area contributed by atoms with Crippen LogP contribution in [0.2, 0.25) is 0 Å². The third kappa shape index (κ3) is 1.96. The van der Waals surface area contributed by atoms with Gasteiger partial charge in [-0.05, 0) is 19.8 Å². The van der Waals surface area contributed by atoms with E-state index in [4.69, 9.17) is 0 Å². The molecule has 0 amide bonds. The van der Waals surface area contributed by atoms with Crippen LogP contribution in [0.5, 0.6) is 0 Å². The molecule has 0 spiro atoms. The lowest BCUT2D eigenvalue weighted by atomic mass is 10.1. The summed E-state index contributed by atoms with van der Waals surface area (Å²) in [5.74, 6) is 0. The number of piperidine rings is 1. The van der Waals surface area contributed by atoms with Gasteiger partial charge in [0.15, 0.2) is 0 Å². The van der Waals surface area contributed by atoms with Crippen molar-refractivity contribution in [2.24, 2.45) is 0 Å². The summed E-state index contributed by atoms with van der Waals surface area (Å²) in [7, 11) is 0. The van der Waals surface area contributed by atoms with Crippen LogP contribution in [0.25, 0.3) is 0 Å². The van der Waals surface area contributed by atoms with Crippen LogP contribution in [-0.4, -0.2) is 24.1 Å². The Morgan fingerprint density at radius 1 is 1.50 bits per heavy atom. The zero-order chi connectivity index (χ0) is 7.40. The van der Waals surface area contributed by atoms with Crippen LogP contribution < -0.4 is 5.43 Å². The predicted octanol–water partition coefficient (Wildman–Crippen LogP) is 1.39. The molecule has 0 aliphatic carbocycles. The average Bonchev–Trinajstić information content (AvgIpc) is 1.94. The lowest BCUT2D eigenvalue weighted by molar-refractivity contribution is 0.0997. The molecule has 10 heavy (non-hydrogen) atoms. The van der Waals surface area contributed by atoms with Gasteiger partial charge in [0, 0.05) is 19.1 Å². The van der Waals surface area contributed by atoms with Crippen molar-refractivity contribution in [1.29, 1.82) is 0 Å². The van der Waals surface area contributed by atoms with Crippen molar-refractivity contribution in [2.45, 2.75) is 39.2 Å².